The van der Waals surface area contributed by atoms with E-state index in [4.69, 9.17) is 0 Å². The van der Waals surface area contributed by atoms with E-state index >= 15 is 0 Å². The van der Waals surface area contributed by atoms with Gasteiger partial charge in [0.25, 0.3) is 0 Å². The largest absolute Gasteiger partial charge is 0.326 e. The summed E-state index contributed by atoms with van der Waals surface area (Å²) in [7, 11) is 0. The Hall–Kier alpha value is -2.82. The second-order valence-corrected chi connectivity index (χ2v) is 8.79. The van der Waals surface area contributed by atoms with Crippen LogP contribution < -0.4 is 5.32 Å². The van der Waals surface area contributed by atoms with E-state index in [0.29, 0.717) is 11.6 Å². The van der Waals surface area contributed by atoms with Crippen LogP contribution in [0.5, 0.6) is 0 Å². The molecule has 0 saturated heterocycles. The average molecular weight is 406 g/mol. The monoisotopic (exact) mass is 406 g/mol. The van der Waals surface area contributed by atoms with Gasteiger partial charge in [-0.3, -0.25) is 9.78 Å². The lowest BCUT2D eigenvalue weighted by Gasteiger charge is -2.52. The molecular weight excluding hydrogens is 382 g/mol. The normalized spacial score (nSPS) is 25.8. The summed E-state index contributed by atoms with van der Waals surface area (Å²) in [6.07, 6.45) is 7.78. The van der Waals surface area contributed by atoms with Gasteiger partial charge in [-0.1, -0.05) is 0 Å². The molecule has 3 aromatic rings. The summed E-state index contributed by atoms with van der Waals surface area (Å²) in [6, 6.07) is 12.7. The Balaban J connectivity index is 1.29. The van der Waals surface area contributed by atoms with Gasteiger partial charge < -0.3 is 5.32 Å². The maximum absolute atomic E-state index is 13.8. The molecule has 1 N–H and O–H groups in total. The molecule has 2 saturated carbocycles. The Labute approximate surface area is 174 Å². The summed E-state index contributed by atoms with van der Waals surface area (Å²) in [5, 5.41) is 3.86. The van der Waals surface area contributed by atoms with Crippen molar-refractivity contribution in [3.05, 3.63) is 71.9 Å². The zero-order valence-electron chi connectivity index (χ0n) is 16.7. The number of hydrogen-bond donors (Lipinski definition) is 1. The number of pyridine rings is 1. The summed E-state index contributed by atoms with van der Waals surface area (Å²) in [5.74, 6) is -0.127. The molecule has 1 heterocycles. The zero-order chi connectivity index (χ0) is 20.7. The fraction of sp³-hybridized carbons (Fsp3) is 0.360. The first-order chi connectivity index (χ1) is 14.5. The number of benzene rings is 2. The number of aromatic nitrogens is 1. The van der Waals surface area contributed by atoms with E-state index in [9.17, 15) is 13.6 Å². The molecule has 1 aromatic heterocycles. The first kappa shape index (κ1) is 19.2. The van der Waals surface area contributed by atoms with Crippen LogP contribution in [0.2, 0.25) is 0 Å². The molecule has 154 valence electrons. The molecule has 2 aromatic carbocycles. The highest BCUT2D eigenvalue weighted by Crippen LogP contribution is 2.58. The van der Waals surface area contributed by atoms with Gasteiger partial charge in [0.2, 0.25) is 5.91 Å². The van der Waals surface area contributed by atoms with E-state index in [2.05, 4.69) is 10.3 Å². The number of carbonyl (C=O) groups excluding carboxylic acids is 1. The van der Waals surface area contributed by atoms with Crippen LogP contribution in [-0.4, -0.2) is 10.9 Å². The zero-order valence-corrected chi connectivity index (χ0v) is 16.7. The second-order valence-electron chi connectivity index (χ2n) is 8.79. The highest BCUT2D eigenvalue weighted by molar-refractivity contribution is 5.93. The Kier molecular flexibility index (Phi) is 4.76. The third-order valence-corrected chi connectivity index (χ3v) is 7.26. The highest BCUT2D eigenvalue weighted by atomic mass is 19.1. The smallest absolute Gasteiger partial charge is 0.228 e. The van der Waals surface area contributed by atoms with Gasteiger partial charge in [0.15, 0.2) is 0 Å². The predicted octanol–water partition coefficient (Wildman–Crippen LogP) is 6.21. The van der Waals surface area contributed by atoms with E-state index in [1.807, 2.05) is 12.3 Å². The van der Waals surface area contributed by atoms with Crippen molar-refractivity contribution in [3.8, 4) is 0 Å². The number of halogens is 2. The lowest BCUT2D eigenvalue weighted by Crippen LogP contribution is -2.48. The van der Waals surface area contributed by atoms with Crippen LogP contribution >= 0.6 is 0 Å². The van der Waals surface area contributed by atoms with Crippen molar-refractivity contribution in [1.29, 1.82) is 0 Å². The SMILES string of the molecule is O=C(Nc1ccc(F)cc1)[C@H]1CC[C@]12CC[C@H](c1ccnc3ccc(F)cc31)CC2. The van der Waals surface area contributed by atoms with E-state index in [0.717, 1.165) is 49.4 Å². The predicted molar refractivity (Wildman–Crippen MR) is 113 cm³/mol. The van der Waals surface area contributed by atoms with E-state index in [1.54, 1.807) is 24.3 Å². The second kappa shape index (κ2) is 7.46. The third-order valence-electron chi connectivity index (χ3n) is 7.26. The van der Waals surface area contributed by atoms with Crippen LogP contribution in [-0.2, 0) is 4.79 Å². The fourth-order valence-electron chi connectivity index (χ4n) is 5.47. The molecule has 3 nitrogen and oxygen atoms in total. The highest BCUT2D eigenvalue weighted by Gasteiger charge is 2.51. The van der Waals surface area contributed by atoms with Crippen molar-refractivity contribution in [1.82, 2.24) is 4.98 Å². The van der Waals surface area contributed by atoms with Crippen LogP contribution in [0.1, 0.15) is 50.0 Å². The van der Waals surface area contributed by atoms with Gasteiger partial charge in [0.05, 0.1) is 5.52 Å². The van der Waals surface area contributed by atoms with Crippen LogP contribution in [0.15, 0.2) is 54.7 Å². The van der Waals surface area contributed by atoms with Crippen LogP contribution in [0, 0.1) is 23.0 Å². The number of nitrogens with zero attached hydrogens (tertiary/aromatic N) is 1. The Bertz CT molecular complexity index is 1090. The lowest BCUT2D eigenvalue weighted by atomic mass is 9.52. The van der Waals surface area contributed by atoms with Crippen molar-refractivity contribution < 1.29 is 13.6 Å². The number of hydrogen-bond acceptors (Lipinski definition) is 2. The minimum Gasteiger partial charge on any atom is -0.326 e. The Morgan fingerprint density at radius 2 is 1.63 bits per heavy atom. The topological polar surface area (TPSA) is 42.0 Å². The molecule has 2 aliphatic rings. The molecule has 1 atom stereocenters. The van der Waals surface area contributed by atoms with E-state index < -0.39 is 0 Å². The number of rotatable bonds is 3. The number of anilines is 1. The van der Waals surface area contributed by atoms with Gasteiger partial charge in [0, 0.05) is 23.2 Å². The lowest BCUT2D eigenvalue weighted by molar-refractivity contribution is -0.133. The molecule has 0 radical (unpaired) electrons. The summed E-state index contributed by atoms with van der Waals surface area (Å²) >= 11 is 0. The van der Waals surface area contributed by atoms with E-state index in [1.165, 1.54) is 23.8 Å². The Morgan fingerprint density at radius 1 is 0.933 bits per heavy atom. The number of amides is 1. The first-order valence-corrected chi connectivity index (χ1v) is 10.6. The van der Waals surface area contributed by atoms with Crippen LogP contribution in [0.3, 0.4) is 0 Å². The quantitative estimate of drug-likeness (QED) is 0.562. The summed E-state index contributed by atoms with van der Waals surface area (Å²) in [5.41, 5.74) is 2.70. The standard InChI is InChI=1S/C25H24F2N2O/c26-17-1-4-19(5-2-17)29-24(30)22-9-13-25(22)11-7-16(8-12-25)20-10-14-28-23-6-3-18(27)15-21(20)23/h1-6,10,14-16,22H,7-9,11-13H2,(H,29,30)/t16-,22-,25+/m1/s1. The van der Waals surface area contributed by atoms with Crippen LogP contribution in [0.25, 0.3) is 10.9 Å². The molecule has 1 spiro atoms. The first-order valence-electron chi connectivity index (χ1n) is 10.6. The molecule has 2 fully saturated rings. The molecule has 5 heteroatoms. The molecule has 30 heavy (non-hydrogen) atoms. The molecule has 0 bridgehead atoms. The van der Waals surface area contributed by atoms with Gasteiger partial charge >= 0.3 is 0 Å². The van der Waals surface area contributed by atoms with Crippen LogP contribution in [0.4, 0.5) is 14.5 Å². The van der Waals surface area contributed by atoms with Gasteiger partial charge in [-0.25, -0.2) is 8.78 Å². The Morgan fingerprint density at radius 3 is 2.33 bits per heavy atom. The van der Waals surface area contributed by atoms with Gasteiger partial charge in [-0.15, -0.1) is 0 Å². The van der Waals surface area contributed by atoms with Gasteiger partial charge in [0.1, 0.15) is 11.6 Å². The molecule has 1 amide bonds. The minimum atomic E-state index is -0.310. The molecular formula is C25H24F2N2O. The number of fused-ring (bicyclic) bond motifs is 1. The maximum Gasteiger partial charge on any atom is 0.228 e. The summed E-state index contributed by atoms with van der Waals surface area (Å²) in [6.45, 7) is 0. The fourth-order valence-corrected chi connectivity index (χ4v) is 5.47. The van der Waals surface area contributed by atoms with Crippen molar-refractivity contribution in [2.24, 2.45) is 11.3 Å². The van der Waals surface area contributed by atoms with Crippen molar-refractivity contribution in [3.63, 3.8) is 0 Å². The number of carbonyl (C=O) groups is 1. The molecule has 2 aliphatic carbocycles. The number of nitrogens with one attached hydrogen (secondary N) is 1. The van der Waals surface area contributed by atoms with Gasteiger partial charge in [-0.2, -0.15) is 0 Å². The minimum absolute atomic E-state index is 0.00938. The average Bonchev–Trinajstić information content (AvgIpc) is 2.74. The van der Waals surface area contributed by atoms with Crippen molar-refractivity contribution >= 4 is 22.5 Å². The molecule has 0 aliphatic heterocycles. The van der Waals surface area contributed by atoms with Crippen molar-refractivity contribution in [2.45, 2.75) is 44.4 Å². The maximum atomic E-state index is 13.8. The van der Waals surface area contributed by atoms with E-state index in [-0.39, 0.29) is 28.9 Å². The summed E-state index contributed by atoms with van der Waals surface area (Å²) in [4.78, 5) is 17.2. The molecule has 0 unspecified atom stereocenters. The van der Waals surface area contributed by atoms with Gasteiger partial charge in [-0.05, 0) is 104 Å². The summed E-state index contributed by atoms with van der Waals surface area (Å²) < 4.78 is 26.9. The molecule has 5 rings (SSSR count). The van der Waals surface area contributed by atoms with Crippen molar-refractivity contribution in [2.75, 3.05) is 5.32 Å². The third kappa shape index (κ3) is 3.36.